The van der Waals surface area contributed by atoms with Crippen molar-refractivity contribution >= 4 is 50.3 Å². The Morgan fingerprint density at radius 2 is 2.14 bits per heavy atom. The van der Waals surface area contributed by atoms with Gasteiger partial charge in [0.25, 0.3) is 0 Å². The van der Waals surface area contributed by atoms with Crippen molar-refractivity contribution in [2.24, 2.45) is 5.10 Å². The zero-order valence-electron chi connectivity index (χ0n) is 11.0. The summed E-state index contributed by atoms with van der Waals surface area (Å²) in [5.74, 6) is 0.540. The Balaban J connectivity index is 2.43. The molecule has 0 radical (unpaired) electrons. The van der Waals surface area contributed by atoms with E-state index in [2.05, 4.69) is 47.2 Å². The average Bonchev–Trinajstić information content (AvgIpc) is 2.80. The third-order valence-corrected chi connectivity index (χ3v) is 4.32. The lowest BCUT2D eigenvalue weighted by molar-refractivity contribution is 0.441. The minimum atomic E-state index is -0.105. The van der Waals surface area contributed by atoms with Crippen LogP contribution in [-0.4, -0.2) is 31.3 Å². The Kier molecular flexibility index (Phi) is 5.17. The van der Waals surface area contributed by atoms with Crippen molar-refractivity contribution in [1.29, 1.82) is 0 Å². The molecule has 0 amide bonds. The smallest absolute Gasteiger partial charge is 0.216 e. The van der Waals surface area contributed by atoms with Crippen molar-refractivity contribution in [2.75, 3.05) is 0 Å². The maximum atomic E-state index is 10.00. The van der Waals surface area contributed by atoms with Gasteiger partial charge in [-0.25, -0.2) is 0 Å². The molecule has 0 atom stereocenters. The van der Waals surface area contributed by atoms with Crippen LogP contribution in [0.2, 0.25) is 0 Å². The van der Waals surface area contributed by atoms with Crippen LogP contribution in [-0.2, 0) is 6.42 Å². The first-order valence-electron chi connectivity index (χ1n) is 6.06. The molecule has 0 spiro atoms. The molecule has 0 saturated heterocycles. The maximum Gasteiger partial charge on any atom is 0.216 e. The molecule has 112 valence electrons. The summed E-state index contributed by atoms with van der Waals surface area (Å²) in [6, 6.07) is 1.56. The second-order valence-corrected chi connectivity index (χ2v) is 6.24. The fraction of sp³-hybridized carbons (Fsp3) is 0.250. The summed E-state index contributed by atoms with van der Waals surface area (Å²) in [4.78, 5) is 0. The van der Waals surface area contributed by atoms with Gasteiger partial charge in [0.15, 0.2) is 5.82 Å². The van der Waals surface area contributed by atoms with Crippen LogP contribution >= 0.6 is 44.1 Å². The number of aromatic hydroxyl groups is 2. The number of phenols is 2. The Bertz CT molecular complexity index is 754. The van der Waals surface area contributed by atoms with E-state index in [9.17, 15) is 10.2 Å². The largest absolute Gasteiger partial charge is 0.506 e. The number of hydrogen-bond acceptors (Lipinski definition) is 5. The zero-order valence-corrected chi connectivity index (χ0v) is 15.0. The molecule has 0 unspecified atom stereocenters. The van der Waals surface area contributed by atoms with Gasteiger partial charge in [-0.15, -0.1) is 0 Å². The van der Waals surface area contributed by atoms with Crippen molar-refractivity contribution < 1.29 is 10.2 Å². The van der Waals surface area contributed by atoms with Gasteiger partial charge in [0.05, 0.1) is 10.7 Å². The first-order valence-corrected chi connectivity index (χ1v) is 8.05. The van der Waals surface area contributed by atoms with Crippen LogP contribution in [0.3, 0.4) is 0 Å². The van der Waals surface area contributed by atoms with E-state index in [0.717, 1.165) is 18.7 Å². The van der Waals surface area contributed by atoms with E-state index in [1.165, 1.54) is 10.9 Å². The van der Waals surface area contributed by atoms with Crippen LogP contribution in [0, 0.1) is 4.77 Å². The van der Waals surface area contributed by atoms with Crippen LogP contribution < -0.4 is 0 Å². The van der Waals surface area contributed by atoms with Gasteiger partial charge in [0.1, 0.15) is 16.0 Å². The van der Waals surface area contributed by atoms with Gasteiger partial charge in [-0.1, -0.05) is 6.92 Å². The van der Waals surface area contributed by atoms with Gasteiger partial charge < -0.3 is 10.2 Å². The number of aromatic nitrogens is 3. The number of hydrogen-bond donors (Lipinski definition) is 3. The number of benzene rings is 1. The zero-order chi connectivity index (χ0) is 15.6. The molecule has 0 aliphatic heterocycles. The van der Waals surface area contributed by atoms with Gasteiger partial charge in [-0.05, 0) is 56.6 Å². The summed E-state index contributed by atoms with van der Waals surface area (Å²) in [6.45, 7) is 2.03. The van der Waals surface area contributed by atoms with E-state index in [0.29, 0.717) is 14.8 Å². The predicted molar refractivity (Wildman–Crippen MR) is 89.6 cm³/mol. The predicted octanol–water partition coefficient (Wildman–Crippen LogP) is 3.71. The van der Waals surface area contributed by atoms with Crippen LogP contribution in [0.1, 0.15) is 24.7 Å². The fourth-order valence-corrected chi connectivity index (χ4v) is 3.02. The topological polar surface area (TPSA) is 86.4 Å². The summed E-state index contributed by atoms with van der Waals surface area (Å²) in [7, 11) is 0. The maximum absolute atomic E-state index is 10.00. The minimum Gasteiger partial charge on any atom is -0.506 e. The number of aryl methyl sites for hydroxylation is 1. The van der Waals surface area contributed by atoms with Crippen LogP contribution in [0.15, 0.2) is 20.1 Å². The van der Waals surface area contributed by atoms with Crippen molar-refractivity contribution in [3.8, 4) is 11.5 Å². The van der Waals surface area contributed by atoms with E-state index in [-0.39, 0.29) is 16.0 Å². The van der Waals surface area contributed by atoms with Gasteiger partial charge in [0, 0.05) is 12.0 Å². The highest BCUT2D eigenvalue weighted by atomic mass is 79.9. The van der Waals surface area contributed by atoms with E-state index in [1.807, 2.05) is 6.92 Å². The number of halogens is 2. The molecule has 21 heavy (non-hydrogen) atoms. The average molecular weight is 436 g/mol. The minimum absolute atomic E-state index is 0.0729. The lowest BCUT2D eigenvalue weighted by atomic mass is 10.2. The third kappa shape index (κ3) is 3.35. The molecule has 0 bridgehead atoms. The molecule has 0 aliphatic carbocycles. The number of nitrogens with zero attached hydrogens (tertiary/aromatic N) is 3. The molecule has 3 N–H and O–H groups in total. The SMILES string of the molecule is CCCc1n[nH]c(=S)n1/N=C\c1cc(Br)c(O)c(Br)c1O. The normalized spacial score (nSPS) is 11.4. The molecular formula is C12H12Br2N4O2S. The second kappa shape index (κ2) is 6.71. The van der Waals surface area contributed by atoms with Gasteiger partial charge in [-0.3, -0.25) is 5.10 Å². The first-order chi connectivity index (χ1) is 9.95. The lowest BCUT2D eigenvalue weighted by Crippen LogP contribution is -1.99. The molecule has 1 aromatic heterocycles. The summed E-state index contributed by atoms with van der Waals surface area (Å²) in [5, 5.41) is 30.7. The highest BCUT2D eigenvalue weighted by molar-refractivity contribution is 9.11. The van der Waals surface area contributed by atoms with Crippen LogP contribution in [0.25, 0.3) is 0 Å². The number of nitrogens with one attached hydrogen (secondary N) is 1. The van der Waals surface area contributed by atoms with Gasteiger partial charge >= 0.3 is 0 Å². The summed E-state index contributed by atoms with van der Waals surface area (Å²) < 4.78 is 2.53. The molecule has 2 rings (SSSR count). The number of phenolic OH excluding ortho intramolecular Hbond substituents is 2. The van der Waals surface area contributed by atoms with Crippen LogP contribution in [0.4, 0.5) is 0 Å². The number of H-pyrrole nitrogens is 1. The van der Waals surface area contributed by atoms with Crippen molar-refractivity contribution in [3.05, 3.63) is 31.2 Å². The monoisotopic (exact) mass is 434 g/mol. The van der Waals surface area contributed by atoms with Crippen molar-refractivity contribution in [1.82, 2.24) is 14.9 Å². The molecule has 0 fully saturated rings. The highest BCUT2D eigenvalue weighted by Gasteiger charge is 2.13. The third-order valence-electron chi connectivity index (χ3n) is 2.70. The Morgan fingerprint density at radius 3 is 2.81 bits per heavy atom. The number of aromatic amines is 1. The summed E-state index contributed by atoms with van der Waals surface area (Å²) in [5.41, 5.74) is 0.428. The molecule has 1 aromatic carbocycles. The highest BCUT2D eigenvalue weighted by Crippen LogP contribution is 2.40. The molecule has 6 nitrogen and oxygen atoms in total. The Labute approximate surface area is 142 Å². The molecular weight excluding hydrogens is 424 g/mol. The molecule has 2 aromatic rings. The van der Waals surface area contributed by atoms with E-state index in [4.69, 9.17) is 12.2 Å². The van der Waals surface area contributed by atoms with Gasteiger partial charge in [0.2, 0.25) is 4.77 Å². The van der Waals surface area contributed by atoms with E-state index in [1.54, 1.807) is 6.07 Å². The van der Waals surface area contributed by atoms with E-state index >= 15 is 0 Å². The summed E-state index contributed by atoms with van der Waals surface area (Å²) in [6.07, 6.45) is 3.10. The fourth-order valence-electron chi connectivity index (χ4n) is 1.66. The second-order valence-electron chi connectivity index (χ2n) is 4.21. The molecule has 1 heterocycles. The molecule has 0 aliphatic rings. The van der Waals surface area contributed by atoms with Crippen molar-refractivity contribution in [2.45, 2.75) is 19.8 Å². The number of rotatable bonds is 4. The Morgan fingerprint density at radius 1 is 1.43 bits per heavy atom. The van der Waals surface area contributed by atoms with Crippen molar-refractivity contribution in [3.63, 3.8) is 0 Å². The van der Waals surface area contributed by atoms with E-state index < -0.39 is 0 Å². The quantitative estimate of drug-likeness (QED) is 0.504. The molecule has 9 heteroatoms. The van der Waals surface area contributed by atoms with Gasteiger partial charge in [-0.2, -0.15) is 14.9 Å². The van der Waals surface area contributed by atoms with Crippen LogP contribution in [0.5, 0.6) is 11.5 Å². The lowest BCUT2D eigenvalue weighted by Gasteiger charge is -2.06. The first kappa shape index (κ1) is 16.2. The molecule has 0 saturated carbocycles. The standard InChI is InChI=1S/C12H12Br2N4O2S/c1-2-3-8-16-17-12(21)18(8)15-5-6-4-7(13)11(20)9(14)10(6)19/h4-5,19-20H,2-3H2,1H3,(H,17,21)/b15-5-. The Hall–Kier alpha value is -1.19. The summed E-state index contributed by atoms with van der Waals surface area (Å²) >= 11 is 11.4.